The third-order valence-electron chi connectivity index (χ3n) is 4.72. The van der Waals surface area contributed by atoms with Crippen molar-refractivity contribution in [3.8, 4) is 0 Å². The van der Waals surface area contributed by atoms with Crippen LogP contribution in [0.4, 0.5) is 0 Å². The smallest absolute Gasteiger partial charge is 0.0360 e. The third-order valence-corrected chi connectivity index (χ3v) is 4.72. The summed E-state index contributed by atoms with van der Waals surface area (Å²) >= 11 is 0. The second-order valence-corrected chi connectivity index (χ2v) is 5.72. The Kier molecular flexibility index (Phi) is 9.07. The minimum absolute atomic E-state index is 0.911. The molecule has 0 N–H and O–H groups in total. The van der Waals surface area contributed by atoms with E-state index < -0.39 is 0 Å². The van der Waals surface area contributed by atoms with Crippen LogP contribution in [-0.4, -0.2) is 0 Å². The van der Waals surface area contributed by atoms with E-state index in [0.717, 1.165) is 23.7 Å². The summed E-state index contributed by atoms with van der Waals surface area (Å²) in [5, 5.41) is 0. The molecule has 0 heterocycles. The Hall–Kier alpha value is 0. The van der Waals surface area contributed by atoms with E-state index in [2.05, 4.69) is 41.5 Å². The van der Waals surface area contributed by atoms with Crippen LogP contribution >= 0.6 is 0 Å². The summed E-state index contributed by atoms with van der Waals surface area (Å²) in [6.07, 6.45) is 8.31. The maximum Gasteiger partial charge on any atom is -0.0360 e. The Balaban J connectivity index is 4.30. The molecule has 3 unspecified atom stereocenters. The molecule has 0 rings (SSSR count). The number of rotatable bonds is 9. The van der Waals surface area contributed by atoms with Crippen LogP contribution in [0.1, 0.15) is 80.1 Å². The highest BCUT2D eigenvalue weighted by atomic mass is 14.3. The van der Waals surface area contributed by atoms with Crippen LogP contribution in [0, 0.1) is 23.7 Å². The zero-order chi connectivity index (χ0) is 12.6. The van der Waals surface area contributed by atoms with Gasteiger partial charge in [0.15, 0.2) is 0 Å². The SMILES string of the molecule is CCC(C)CCC(C(C)CC)C(CC)CC. The van der Waals surface area contributed by atoms with Crippen LogP contribution in [0.25, 0.3) is 0 Å². The highest BCUT2D eigenvalue weighted by Crippen LogP contribution is 2.33. The van der Waals surface area contributed by atoms with Crippen molar-refractivity contribution in [2.75, 3.05) is 0 Å². The average molecular weight is 226 g/mol. The van der Waals surface area contributed by atoms with Gasteiger partial charge in [-0.3, -0.25) is 0 Å². The van der Waals surface area contributed by atoms with Crippen LogP contribution in [0.15, 0.2) is 0 Å². The van der Waals surface area contributed by atoms with E-state index in [1.54, 1.807) is 0 Å². The van der Waals surface area contributed by atoms with Crippen molar-refractivity contribution in [2.45, 2.75) is 80.1 Å². The van der Waals surface area contributed by atoms with E-state index in [9.17, 15) is 0 Å². The molecule has 0 bridgehead atoms. The van der Waals surface area contributed by atoms with Crippen molar-refractivity contribution in [2.24, 2.45) is 23.7 Å². The predicted molar refractivity (Wildman–Crippen MR) is 75.7 cm³/mol. The largest absolute Gasteiger partial charge is 0.0651 e. The lowest BCUT2D eigenvalue weighted by atomic mass is 9.75. The summed E-state index contributed by atoms with van der Waals surface area (Å²) in [5.41, 5.74) is 0. The highest BCUT2D eigenvalue weighted by Gasteiger charge is 2.23. The molecule has 0 aliphatic carbocycles. The van der Waals surface area contributed by atoms with E-state index in [1.807, 2.05) is 0 Å². The lowest BCUT2D eigenvalue weighted by molar-refractivity contribution is 0.194. The standard InChI is InChI=1S/C16H34/c1-7-13(5)11-12-16(14(6)8-2)15(9-3)10-4/h13-16H,7-12H2,1-6H3. The van der Waals surface area contributed by atoms with Gasteiger partial charge >= 0.3 is 0 Å². The highest BCUT2D eigenvalue weighted by molar-refractivity contribution is 4.73. The van der Waals surface area contributed by atoms with Crippen LogP contribution < -0.4 is 0 Å². The molecule has 0 fully saturated rings. The maximum absolute atomic E-state index is 2.46. The van der Waals surface area contributed by atoms with Crippen molar-refractivity contribution in [1.29, 1.82) is 0 Å². The predicted octanol–water partition coefficient (Wildman–Crippen LogP) is 5.91. The molecule has 0 aliphatic rings. The maximum atomic E-state index is 2.46. The van der Waals surface area contributed by atoms with Gasteiger partial charge in [0.25, 0.3) is 0 Å². The zero-order valence-electron chi connectivity index (χ0n) is 12.6. The summed E-state index contributed by atoms with van der Waals surface area (Å²) in [6.45, 7) is 14.3. The van der Waals surface area contributed by atoms with Gasteiger partial charge in [0, 0.05) is 0 Å². The van der Waals surface area contributed by atoms with Gasteiger partial charge in [-0.2, -0.15) is 0 Å². The van der Waals surface area contributed by atoms with E-state index in [0.29, 0.717) is 0 Å². The van der Waals surface area contributed by atoms with E-state index >= 15 is 0 Å². The molecule has 0 aromatic heterocycles. The first kappa shape index (κ1) is 16.0. The van der Waals surface area contributed by atoms with E-state index in [4.69, 9.17) is 0 Å². The van der Waals surface area contributed by atoms with Gasteiger partial charge < -0.3 is 0 Å². The van der Waals surface area contributed by atoms with Crippen molar-refractivity contribution < 1.29 is 0 Å². The molecule has 0 nitrogen and oxygen atoms in total. The molecule has 0 radical (unpaired) electrons. The molecule has 0 aromatic rings. The fourth-order valence-electron chi connectivity index (χ4n) is 2.86. The van der Waals surface area contributed by atoms with Gasteiger partial charge in [0.1, 0.15) is 0 Å². The van der Waals surface area contributed by atoms with Gasteiger partial charge in [-0.15, -0.1) is 0 Å². The Labute approximate surface area is 104 Å². The molecule has 0 aromatic carbocycles. The average Bonchev–Trinajstić information content (AvgIpc) is 2.32. The molecule has 98 valence electrons. The summed E-state index contributed by atoms with van der Waals surface area (Å²) < 4.78 is 0. The van der Waals surface area contributed by atoms with Crippen LogP contribution in [-0.2, 0) is 0 Å². The molecular formula is C16H34. The molecule has 16 heavy (non-hydrogen) atoms. The Bertz CT molecular complexity index is 146. The van der Waals surface area contributed by atoms with Crippen LogP contribution in [0.2, 0.25) is 0 Å². The monoisotopic (exact) mass is 226 g/mol. The number of hydrogen-bond donors (Lipinski definition) is 0. The third kappa shape index (κ3) is 5.37. The second kappa shape index (κ2) is 9.07. The number of hydrogen-bond acceptors (Lipinski definition) is 0. The zero-order valence-corrected chi connectivity index (χ0v) is 12.6. The van der Waals surface area contributed by atoms with Crippen molar-refractivity contribution in [3.05, 3.63) is 0 Å². The van der Waals surface area contributed by atoms with Gasteiger partial charge in [0.2, 0.25) is 0 Å². The van der Waals surface area contributed by atoms with E-state index in [1.165, 1.54) is 38.5 Å². The van der Waals surface area contributed by atoms with Crippen molar-refractivity contribution in [1.82, 2.24) is 0 Å². The molecule has 0 aliphatic heterocycles. The molecular weight excluding hydrogens is 192 g/mol. The minimum Gasteiger partial charge on any atom is -0.0651 e. The molecule has 0 saturated carbocycles. The quantitative estimate of drug-likeness (QED) is 0.458. The topological polar surface area (TPSA) is 0 Å². The first-order chi connectivity index (χ1) is 7.60. The molecule has 0 spiro atoms. The first-order valence-electron chi connectivity index (χ1n) is 7.60. The lowest BCUT2D eigenvalue weighted by Gasteiger charge is -2.31. The van der Waals surface area contributed by atoms with Crippen molar-refractivity contribution in [3.63, 3.8) is 0 Å². The van der Waals surface area contributed by atoms with Gasteiger partial charge in [-0.25, -0.2) is 0 Å². The van der Waals surface area contributed by atoms with Crippen LogP contribution in [0.5, 0.6) is 0 Å². The van der Waals surface area contributed by atoms with Crippen LogP contribution in [0.3, 0.4) is 0 Å². The Morgan fingerprint density at radius 3 is 1.62 bits per heavy atom. The summed E-state index contributed by atoms with van der Waals surface area (Å²) in [7, 11) is 0. The first-order valence-corrected chi connectivity index (χ1v) is 7.60. The molecule has 0 saturated heterocycles. The van der Waals surface area contributed by atoms with Gasteiger partial charge in [-0.1, -0.05) is 73.6 Å². The fourth-order valence-corrected chi connectivity index (χ4v) is 2.86. The molecule has 0 amide bonds. The summed E-state index contributed by atoms with van der Waals surface area (Å²) in [6, 6.07) is 0. The lowest BCUT2D eigenvalue weighted by Crippen LogP contribution is -2.21. The van der Waals surface area contributed by atoms with E-state index in [-0.39, 0.29) is 0 Å². The van der Waals surface area contributed by atoms with Gasteiger partial charge in [-0.05, 0) is 30.1 Å². The second-order valence-electron chi connectivity index (χ2n) is 5.72. The van der Waals surface area contributed by atoms with Gasteiger partial charge in [0.05, 0.1) is 0 Å². The normalized spacial score (nSPS) is 17.4. The molecule has 3 atom stereocenters. The Morgan fingerprint density at radius 1 is 0.688 bits per heavy atom. The fraction of sp³-hybridized carbons (Fsp3) is 1.00. The molecule has 0 heteroatoms. The summed E-state index contributed by atoms with van der Waals surface area (Å²) in [4.78, 5) is 0. The minimum atomic E-state index is 0.911. The Morgan fingerprint density at radius 2 is 1.25 bits per heavy atom. The van der Waals surface area contributed by atoms with Crippen molar-refractivity contribution >= 4 is 0 Å². The summed E-state index contributed by atoms with van der Waals surface area (Å²) in [5.74, 6) is 3.75.